The van der Waals surface area contributed by atoms with Gasteiger partial charge in [-0.3, -0.25) is 14.5 Å². The van der Waals surface area contributed by atoms with Crippen molar-refractivity contribution in [3.63, 3.8) is 0 Å². The van der Waals surface area contributed by atoms with Gasteiger partial charge in [0, 0.05) is 17.4 Å². The fourth-order valence-electron chi connectivity index (χ4n) is 3.24. The summed E-state index contributed by atoms with van der Waals surface area (Å²) in [5.41, 5.74) is 1.95. The molecule has 0 spiro atoms. The number of imidazole rings is 1. The minimum absolute atomic E-state index is 0.00176. The van der Waals surface area contributed by atoms with E-state index in [2.05, 4.69) is 30.0 Å². The number of aromatic nitrogens is 4. The normalized spacial score (nSPS) is 11.6. The molecular weight excluding hydrogens is 464 g/mol. The quantitative estimate of drug-likeness (QED) is 0.293. The van der Waals surface area contributed by atoms with Gasteiger partial charge in [-0.05, 0) is 48.5 Å². The minimum Gasteiger partial charge on any atom is -0.346 e. The predicted molar refractivity (Wildman–Crippen MR) is 125 cm³/mol. The first kappa shape index (κ1) is 20.8. The number of nitrogens with zero attached hydrogens (tertiary/aromatic N) is 2. The number of H-pyrrole nitrogens is 2. The van der Waals surface area contributed by atoms with Crippen molar-refractivity contribution in [2.24, 2.45) is 0 Å². The second kappa shape index (κ2) is 8.15. The standard InChI is InChI=1S/C21H16N6O4S2/c28-20(23-11-19-24-17-10-22-8-7-18(17)32-19)12-1-3-13(4-2-12)27-33(30,31)14-5-6-15-16(9-14)26-21(29)25-15/h1-10,27H,11H2,(H,23,28)(H2,25,26,29). The van der Waals surface area contributed by atoms with Crippen molar-refractivity contribution >= 4 is 54.2 Å². The first-order valence-electron chi connectivity index (χ1n) is 9.70. The number of hydrogen-bond acceptors (Lipinski definition) is 7. The number of pyridine rings is 1. The largest absolute Gasteiger partial charge is 0.346 e. The maximum absolute atomic E-state index is 12.7. The van der Waals surface area contributed by atoms with Crippen molar-refractivity contribution in [2.45, 2.75) is 11.4 Å². The van der Waals surface area contributed by atoms with Crippen LogP contribution < -0.4 is 15.7 Å². The summed E-state index contributed by atoms with van der Waals surface area (Å²) in [6.07, 6.45) is 3.37. The van der Waals surface area contributed by atoms with Crippen LogP contribution in [0.3, 0.4) is 0 Å². The van der Waals surface area contributed by atoms with Gasteiger partial charge >= 0.3 is 5.69 Å². The molecule has 4 N–H and O–H groups in total. The van der Waals surface area contributed by atoms with Gasteiger partial charge in [-0.2, -0.15) is 0 Å². The van der Waals surface area contributed by atoms with Gasteiger partial charge in [-0.1, -0.05) is 0 Å². The molecule has 33 heavy (non-hydrogen) atoms. The van der Waals surface area contributed by atoms with Crippen LogP contribution in [0.15, 0.2) is 70.6 Å². The fourth-order valence-corrected chi connectivity index (χ4v) is 5.20. The number of rotatable bonds is 6. The van der Waals surface area contributed by atoms with Crippen LogP contribution in [0.25, 0.3) is 21.3 Å². The number of fused-ring (bicyclic) bond motifs is 2. The number of benzene rings is 2. The number of sulfonamides is 1. The fraction of sp³-hybridized carbons (Fsp3) is 0.0476. The first-order chi connectivity index (χ1) is 15.9. The number of carbonyl (C=O) groups excluding carboxylic acids is 1. The summed E-state index contributed by atoms with van der Waals surface area (Å²) in [7, 11) is -3.89. The number of anilines is 1. The highest BCUT2D eigenvalue weighted by Gasteiger charge is 2.16. The molecule has 0 fully saturated rings. The van der Waals surface area contributed by atoms with Gasteiger partial charge < -0.3 is 15.3 Å². The van der Waals surface area contributed by atoms with E-state index < -0.39 is 15.7 Å². The van der Waals surface area contributed by atoms with Crippen molar-refractivity contribution in [3.05, 3.63) is 82.0 Å². The molecule has 0 atom stereocenters. The number of nitrogens with one attached hydrogen (secondary N) is 4. The third-order valence-corrected chi connectivity index (χ3v) is 7.25. The van der Waals surface area contributed by atoms with Gasteiger partial charge in [0.15, 0.2) is 0 Å². The van der Waals surface area contributed by atoms with E-state index in [1.54, 1.807) is 12.4 Å². The molecule has 0 unspecified atom stereocenters. The van der Waals surface area contributed by atoms with Crippen molar-refractivity contribution in [1.29, 1.82) is 0 Å². The van der Waals surface area contributed by atoms with Gasteiger partial charge in [0.2, 0.25) is 0 Å². The first-order valence-corrected chi connectivity index (χ1v) is 12.0. The summed E-state index contributed by atoms with van der Waals surface area (Å²) in [6, 6.07) is 12.2. The predicted octanol–water partition coefficient (Wildman–Crippen LogP) is 2.59. The number of hydrogen-bond donors (Lipinski definition) is 4. The van der Waals surface area contributed by atoms with Gasteiger partial charge in [0.25, 0.3) is 15.9 Å². The van der Waals surface area contributed by atoms with Gasteiger partial charge in [-0.15, -0.1) is 11.3 Å². The molecule has 3 heterocycles. The lowest BCUT2D eigenvalue weighted by Crippen LogP contribution is -2.22. The maximum atomic E-state index is 12.7. The third-order valence-electron chi connectivity index (χ3n) is 4.83. The van der Waals surface area contributed by atoms with Crippen LogP contribution in [0, 0.1) is 0 Å². The molecule has 0 radical (unpaired) electrons. The second-order valence-corrected chi connectivity index (χ2v) is 9.90. The molecule has 2 aromatic carbocycles. The van der Waals surface area contributed by atoms with E-state index in [9.17, 15) is 18.0 Å². The monoisotopic (exact) mass is 480 g/mol. The SMILES string of the molecule is O=C(NCc1nc2cnccc2s1)c1ccc(NS(=O)(=O)c2ccc3[nH]c(=O)[nH]c3c2)cc1. The van der Waals surface area contributed by atoms with Crippen LogP contribution in [0.4, 0.5) is 5.69 Å². The highest BCUT2D eigenvalue weighted by Crippen LogP contribution is 2.21. The molecule has 0 saturated heterocycles. The summed E-state index contributed by atoms with van der Waals surface area (Å²) < 4.78 is 28.9. The van der Waals surface area contributed by atoms with Gasteiger partial charge in [-0.25, -0.2) is 18.2 Å². The van der Waals surface area contributed by atoms with Crippen molar-refractivity contribution < 1.29 is 13.2 Å². The Morgan fingerprint density at radius 1 is 1.03 bits per heavy atom. The molecule has 10 nitrogen and oxygen atoms in total. The Morgan fingerprint density at radius 3 is 2.61 bits per heavy atom. The van der Waals surface area contributed by atoms with E-state index in [0.29, 0.717) is 22.3 Å². The summed E-state index contributed by atoms with van der Waals surface area (Å²) in [5.74, 6) is -0.302. The van der Waals surface area contributed by atoms with E-state index in [-0.39, 0.29) is 17.3 Å². The van der Waals surface area contributed by atoms with E-state index in [0.717, 1.165) is 15.2 Å². The molecule has 5 rings (SSSR count). The highest BCUT2D eigenvalue weighted by atomic mass is 32.2. The van der Waals surface area contributed by atoms with E-state index in [1.165, 1.54) is 53.8 Å². The van der Waals surface area contributed by atoms with Crippen LogP contribution in [0.5, 0.6) is 0 Å². The maximum Gasteiger partial charge on any atom is 0.323 e. The van der Waals surface area contributed by atoms with E-state index in [1.807, 2.05) is 6.07 Å². The second-order valence-electron chi connectivity index (χ2n) is 7.10. The van der Waals surface area contributed by atoms with Crippen LogP contribution in [-0.4, -0.2) is 34.3 Å². The van der Waals surface area contributed by atoms with Gasteiger partial charge in [0.1, 0.15) is 5.01 Å². The van der Waals surface area contributed by atoms with Crippen LogP contribution >= 0.6 is 11.3 Å². The number of aromatic amines is 2. The summed E-state index contributed by atoms with van der Waals surface area (Å²) >= 11 is 1.48. The number of carbonyl (C=O) groups is 1. The van der Waals surface area contributed by atoms with Crippen LogP contribution in [0.1, 0.15) is 15.4 Å². The molecule has 0 bridgehead atoms. The molecule has 3 aromatic heterocycles. The molecule has 0 aliphatic carbocycles. The van der Waals surface area contributed by atoms with Crippen molar-refractivity contribution in [1.82, 2.24) is 25.3 Å². The summed E-state index contributed by atoms with van der Waals surface area (Å²) in [6.45, 7) is 0.274. The summed E-state index contributed by atoms with van der Waals surface area (Å²) in [4.78, 5) is 37.4. The Kier molecular flexibility index (Phi) is 5.15. The number of thiazole rings is 1. The van der Waals surface area contributed by atoms with Crippen molar-refractivity contribution in [2.75, 3.05) is 4.72 Å². The molecule has 0 aliphatic heterocycles. The van der Waals surface area contributed by atoms with E-state index in [4.69, 9.17) is 0 Å². The topological polar surface area (TPSA) is 150 Å². The Labute approximate surface area is 190 Å². The zero-order chi connectivity index (χ0) is 23.0. The molecule has 12 heteroatoms. The smallest absolute Gasteiger partial charge is 0.323 e. The Bertz CT molecular complexity index is 1620. The van der Waals surface area contributed by atoms with Crippen molar-refractivity contribution in [3.8, 4) is 0 Å². The molecule has 166 valence electrons. The summed E-state index contributed by atoms with van der Waals surface area (Å²) in [5, 5.41) is 3.57. The van der Waals surface area contributed by atoms with Crippen LogP contribution in [0.2, 0.25) is 0 Å². The van der Waals surface area contributed by atoms with E-state index >= 15 is 0 Å². The lowest BCUT2D eigenvalue weighted by Gasteiger charge is -2.09. The molecule has 0 saturated carbocycles. The zero-order valence-electron chi connectivity index (χ0n) is 16.8. The average molecular weight is 481 g/mol. The molecular formula is C21H16N6O4S2. The Morgan fingerprint density at radius 2 is 1.82 bits per heavy atom. The third kappa shape index (κ3) is 4.33. The molecule has 1 amide bonds. The highest BCUT2D eigenvalue weighted by molar-refractivity contribution is 7.92. The lowest BCUT2D eigenvalue weighted by atomic mass is 10.2. The lowest BCUT2D eigenvalue weighted by molar-refractivity contribution is 0.0951. The number of amides is 1. The minimum atomic E-state index is -3.89. The van der Waals surface area contributed by atoms with Gasteiger partial charge in [0.05, 0.1) is 38.9 Å². The average Bonchev–Trinajstić information content (AvgIpc) is 3.39. The molecule has 5 aromatic rings. The molecule has 0 aliphatic rings. The zero-order valence-corrected chi connectivity index (χ0v) is 18.5. The Balaban J connectivity index is 1.26. The Hall–Kier alpha value is -4.03. The van der Waals surface area contributed by atoms with Crippen LogP contribution in [-0.2, 0) is 16.6 Å².